The first-order valence-electron chi connectivity index (χ1n) is 4.30. The molecule has 0 saturated carbocycles. The highest BCUT2D eigenvalue weighted by Crippen LogP contribution is 2.32. The lowest BCUT2D eigenvalue weighted by Gasteiger charge is -2.17. The molecule has 0 fully saturated rings. The van der Waals surface area contributed by atoms with Gasteiger partial charge in [0.15, 0.2) is 0 Å². The minimum Gasteiger partial charge on any atom is -0.258 e. The van der Waals surface area contributed by atoms with Crippen molar-refractivity contribution in [1.82, 2.24) is 0 Å². The number of benzene rings is 1. The maximum absolute atomic E-state index is 10.8. The lowest BCUT2D eigenvalue weighted by molar-refractivity contribution is -0.385. The fraction of sp³-hybridized carbons (Fsp3) is 0.273. The molecule has 0 amide bonds. The van der Waals surface area contributed by atoms with E-state index < -0.39 is 10.3 Å². The molecular formula is C11H10ClNO2. The first-order chi connectivity index (χ1) is 6.88. The van der Waals surface area contributed by atoms with Crippen LogP contribution in [0.25, 0.3) is 0 Å². The fourth-order valence-corrected chi connectivity index (χ4v) is 1.42. The molecule has 0 radical (unpaired) electrons. The van der Waals surface area contributed by atoms with E-state index in [9.17, 15) is 10.1 Å². The third-order valence-electron chi connectivity index (χ3n) is 2.19. The average molecular weight is 224 g/mol. The molecule has 3 nitrogen and oxygen atoms in total. The van der Waals surface area contributed by atoms with E-state index in [0.29, 0.717) is 10.6 Å². The van der Waals surface area contributed by atoms with Gasteiger partial charge >= 0.3 is 0 Å². The van der Waals surface area contributed by atoms with Gasteiger partial charge in [-0.25, -0.2) is 0 Å². The Labute approximate surface area is 93.2 Å². The van der Waals surface area contributed by atoms with Crippen molar-refractivity contribution < 1.29 is 4.92 Å². The first kappa shape index (κ1) is 11.5. The van der Waals surface area contributed by atoms with Crippen molar-refractivity contribution in [2.75, 3.05) is 0 Å². The maximum Gasteiger partial charge on any atom is 0.274 e. The largest absolute Gasteiger partial charge is 0.274 e. The summed E-state index contributed by atoms with van der Waals surface area (Å²) in [5.74, 6) is 2.52. The molecule has 1 aromatic rings. The standard InChI is InChI=1S/C11H10ClNO2/c1-4-11(2,3)9-7-8(12)5-6-10(9)13(14)15/h1,5-7H,2-3H3. The van der Waals surface area contributed by atoms with Crippen LogP contribution in [0, 0.1) is 22.5 Å². The molecular weight excluding hydrogens is 214 g/mol. The summed E-state index contributed by atoms with van der Waals surface area (Å²) in [6, 6.07) is 4.39. The van der Waals surface area contributed by atoms with Crippen molar-refractivity contribution in [2.45, 2.75) is 19.3 Å². The van der Waals surface area contributed by atoms with E-state index in [1.165, 1.54) is 12.1 Å². The smallest absolute Gasteiger partial charge is 0.258 e. The topological polar surface area (TPSA) is 43.1 Å². The summed E-state index contributed by atoms with van der Waals surface area (Å²) in [5, 5.41) is 11.2. The minimum atomic E-state index is -0.701. The summed E-state index contributed by atoms with van der Waals surface area (Å²) in [5.41, 5.74) is -0.238. The molecule has 0 N–H and O–H groups in total. The zero-order chi connectivity index (χ0) is 11.6. The van der Waals surface area contributed by atoms with Gasteiger partial charge in [0.25, 0.3) is 5.69 Å². The lowest BCUT2D eigenvalue weighted by Crippen LogP contribution is -2.16. The zero-order valence-electron chi connectivity index (χ0n) is 8.45. The Bertz CT molecular complexity index is 446. The van der Waals surface area contributed by atoms with Crippen LogP contribution in [-0.2, 0) is 5.41 Å². The summed E-state index contributed by atoms with van der Waals surface area (Å²) in [6.45, 7) is 3.48. The van der Waals surface area contributed by atoms with Crippen LogP contribution < -0.4 is 0 Å². The quantitative estimate of drug-likeness (QED) is 0.439. The van der Waals surface area contributed by atoms with Gasteiger partial charge in [-0.15, -0.1) is 6.42 Å². The third-order valence-corrected chi connectivity index (χ3v) is 2.42. The Balaban J connectivity index is 3.45. The molecule has 1 rings (SSSR count). The Morgan fingerprint density at radius 1 is 1.53 bits per heavy atom. The molecule has 0 bridgehead atoms. The van der Waals surface area contributed by atoms with E-state index in [-0.39, 0.29) is 5.69 Å². The van der Waals surface area contributed by atoms with Crippen LogP contribution in [0.4, 0.5) is 5.69 Å². The highest BCUT2D eigenvalue weighted by Gasteiger charge is 2.27. The number of halogens is 1. The van der Waals surface area contributed by atoms with Gasteiger partial charge in [0.2, 0.25) is 0 Å². The summed E-state index contributed by atoms with van der Waals surface area (Å²) < 4.78 is 0. The monoisotopic (exact) mass is 223 g/mol. The molecule has 0 aliphatic heterocycles. The molecule has 15 heavy (non-hydrogen) atoms. The van der Waals surface area contributed by atoms with Gasteiger partial charge in [-0.3, -0.25) is 10.1 Å². The summed E-state index contributed by atoms with van der Waals surface area (Å²) in [4.78, 5) is 10.3. The normalized spacial score (nSPS) is 10.8. The summed E-state index contributed by atoms with van der Waals surface area (Å²) in [6.07, 6.45) is 5.34. The number of hydrogen-bond donors (Lipinski definition) is 0. The highest BCUT2D eigenvalue weighted by atomic mass is 35.5. The van der Waals surface area contributed by atoms with Gasteiger partial charge in [0, 0.05) is 16.7 Å². The first-order valence-corrected chi connectivity index (χ1v) is 4.68. The van der Waals surface area contributed by atoms with Gasteiger partial charge in [-0.05, 0) is 26.0 Å². The molecule has 0 aliphatic rings. The van der Waals surface area contributed by atoms with Crippen LogP contribution in [0.3, 0.4) is 0 Å². The van der Waals surface area contributed by atoms with Crippen molar-refractivity contribution in [3.05, 3.63) is 38.9 Å². The minimum absolute atomic E-state index is 0.00218. The lowest BCUT2D eigenvalue weighted by atomic mass is 9.84. The van der Waals surface area contributed by atoms with Crippen LogP contribution in [0.1, 0.15) is 19.4 Å². The zero-order valence-corrected chi connectivity index (χ0v) is 9.21. The van der Waals surface area contributed by atoms with E-state index in [1.807, 2.05) is 0 Å². The molecule has 0 atom stereocenters. The van der Waals surface area contributed by atoms with Gasteiger partial charge in [-0.2, -0.15) is 0 Å². The molecule has 0 aliphatic carbocycles. The molecule has 0 aromatic heterocycles. The predicted octanol–water partition coefficient (Wildman–Crippen LogP) is 3.16. The number of nitrogens with zero attached hydrogens (tertiary/aromatic N) is 1. The number of terminal acetylenes is 1. The van der Waals surface area contributed by atoms with Crippen molar-refractivity contribution in [2.24, 2.45) is 0 Å². The van der Waals surface area contributed by atoms with Gasteiger partial charge in [-0.1, -0.05) is 17.5 Å². The fourth-order valence-electron chi connectivity index (χ4n) is 1.25. The molecule has 78 valence electrons. The Morgan fingerprint density at radius 3 is 2.60 bits per heavy atom. The van der Waals surface area contributed by atoms with Crippen LogP contribution in [-0.4, -0.2) is 4.92 Å². The summed E-state index contributed by atoms with van der Waals surface area (Å²) >= 11 is 5.79. The van der Waals surface area contributed by atoms with E-state index in [1.54, 1.807) is 19.9 Å². The molecule has 0 heterocycles. The molecule has 0 saturated heterocycles. The Hall–Kier alpha value is -1.53. The van der Waals surface area contributed by atoms with Crippen molar-refractivity contribution in [3.8, 4) is 12.3 Å². The van der Waals surface area contributed by atoms with Crippen LogP contribution in [0.5, 0.6) is 0 Å². The summed E-state index contributed by atoms with van der Waals surface area (Å²) in [7, 11) is 0. The van der Waals surface area contributed by atoms with E-state index in [0.717, 1.165) is 0 Å². The highest BCUT2D eigenvalue weighted by molar-refractivity contribution is 6.30. The number of rotatable bonds is 2. The second-order valence-corrected chi connectivity index (χ2v) is 4.12. The third kappa shape index (κ3) is 2.28. The van der Waals surface area contributed by atoms with E-state index in [2.05, 4.69) is 5.92 Å². The predicted molar refractivity (Wildman–Crippen MR) is 60.0 cm³/mol. The SMILES string of the molecule is C#CC(C)(C)c1cc(Cl)ccc1[N+](=O)[O-]. The average Bonchev–Trinajstić information content (AvgIpc) is 2.17. The van der Waals surface area contributed by atoms with Crippen molar-refractivity contribution in [1.29, 1.82) is 0 Å². The maximum atomic E-state index is 10.8. The van der Waals surface area contributed by atoms with Gasteiger partial charge in [0.1, 0.15) is 0 Å². The molecule has 0 spiro atoms. The number of hydrogen-bond acceptors (Lipinski definition) is 2. The van der Waals surface area contributed by atoms with E-state index >= 15 is 0 Å². The van der Waals surface area contributed by atoms with Crippen LogP contribution in [0.15, 0.2) is 18.2 Å². The molecule has 0 unspecified atom stereocenters. The van der Waals surface area contributed by atoms with E-state index in [4.69, 9.17) is 18.0 Å². The van der Waals surface area contributed by atoms with Crippen LogP contribution in [0.2, 0.25) is 5.02 Å². The Kier molecular flexibility index (Phi) is 3.01. The van der Waals surface area contributed by atoms with Gasteiger partial charge < -0.3 is 0 Å². The second-order valence-electron chi connectivity index (χ2n) is 3.69. The number of nitro benzene ring substituents is 1. The second kappa shape index (κ2) is 3.92. The van der Waals surface area contributed by atoms with Crippen molar-refractivity contribution >= 4 is 17.3 Å². The Morgan fingerprint density at radius 2 is 2.13 bits per heavy atom. The van der Waals surface area contributed by atoms with Gasteiger partial charge in [0.05, 0.1) is 10.3 Å². The van der Waals surface area contributed by atoms with Crippen molar-refractivity contribution in [3.63, 3.8) is 0 Å². The molecule has 1 aromatic carbocycles. The van der Waals surface area contributed by atoms with Crippen LogP contribution >= 0.6 is 11.6 Å². The number of nitro groups is 1. The molecule has 4 heteroatoms.